The van der Waals surface area contributed by atoms with Gasteiger partial charge >= 0.3 is 12.0 Å². The molecule has 49 heavy (non-hydrogen) atoms. The van der Waals surface area contributed by atoms with E-state index in [1.807, 2.05) is 30.3 Å². The number of nitrogens with two attached hydrogens (primary N) is 1. The maximum absolute atomic E-state index is 14.3. The number of fused-ring (bicyclic) bond motifs is 1. The van der Waals surface area contributed by atoms with Gasteiger partial charge in [-0.25, -0.2) is 9.59 Å². The molecule has 1 heterocycles. The summed E-state index contributed by atoms with van der Waals surface area (Å²) < 4.78 is 4.41. The summed E-state index contributed by atoms with van der Waals surface area (Å²) >= 11 is 13.1. The van der Waals surface area contributed by atoms with E-state index in [9.17, 15) is 28.8 Å². The Labute approximate surface area is 296 Å². The highest BCUT2D eigenvalue weighted by Gasteiger charge is 2.74. The number of primary amides is 1. The Hall–Kier alpha value is -3.38. The molecule has 5 atom stereocenters. The van der Waals surface area contributed by atoms with E-state index in [0.29, 0.717) is 25.7 Å². The average molecular weight is 721 g/mol. The predicted molar refractivity (Wildman–Crippen MR) is 182 cm³/mol. The average Bonchev–Trinajstić information content (AvgIpc) is 3.33. The summed E-state index contributed by atoms with van der Waals surface area (Å²) in [5.41, 5.74) is 4.03. The molecule has 3 saturated carbocycles. The van der Waals surface area contributed by atoms with Crippen LogP contribution in [-0.4, -0.2) is 74.9 Å². The van der Waals surface area contributed by atoms with E-state index in [4.69, 9.17) is 33.7 Å². The summed E-state index contributed by atoms with van der Waals surface area (Å²) in [5, 5.41) is 8.34. The molecule has 1 unspecified atom stereocenters. The van der Waals surface area contributed by atoms with Gasteiger partial charge in [0.1, 0.15) is 28.6 Å². The quantitative estimate of drug-likeness (QED) is 0.145. The zero-order valence-electron chi connectivity index (χ0n) is 28.3. The van der Waals surface area contributed by atoms with Crippen LogP contribution in [0.5, 0.6) is 0 Å². The van der Waals surface area contributed by atoms with Gasteiger partial charge in [-0.3, -0.25) is 19.2 Å². The van der Waals surface area contributed by atoms with Crippen LogP contribution >= 0.6 is 23.2 Å². The Balaban J connectivity index is 1.31. The number of amides is 5. The zero-order valence-corrected chi connectivity index (χ0v) is 29.8. The van der Waals surface area contributed by atoms with Crippen LogP contribution in [0.1, 0.15) is 84.1 Å². The molecule has 268 valence electrons. The van der Waals surface area contributed by atoms with Crippen molar-refractivity contribution in [3.05, 3.63) is 35.9 Å². The molecule has 5 amide bonds. The maximum atomic E-state index is 14.3. The topological polar surface area (TPSA) is 177 Å². The summed E-state index contributed by atoms with van der Waals surface area (Å²) in [4.78, 5) is 81.2. The number of halogens is 2. The Morgan fingerprint density at radius 3 is 2.20 bits per heavy atom. The summed E-state index contributed by atoms with van der Waals surface area (Å²) in [6, 6.07) is 5.13. The van der Waals surface area contributed by atoms with Gasteiger partial charge < -0.3 is 31.3 Å². The van der Waals surface area contributed by atoms with Crippen molar-refractivity contribution in [1.82, 2.24) is 20.9 Å². The molecule has 1 aromatic carbocycles. The van der Waals surface area contributed by atoms with E-state index in [1.54, 1.807) is 20.8 Å². The molecule has 0 spiro atoms. The van der Waals surface area contributed by atoms with Crippen LogP contribution in [-0.2, 0) is 35.3 Å². The largest absolute Gasteiger partial charge is 0.459 e. The van der Waals surface area contributed by atoms with Gasteiger partial charge in [0.05, 0.1) is 6.04 Å². The number of hydrogen-bond acceptors (Lipinski definition) is 7. The standard InChI is InChI=1S/C35H47Cl2N5O7/c1-33(2,3)27(40-32(48)41-34(15-8-5-9-16-34)31(47)49-19-21-11-6-4-7-12-21)30(46)42-18-22-24(35(22,36)37)25(42)29(45)39-23(26(43)28(38)44)17-20-13-10-14-20/h4,6-7,11-12,20,22-25,27H,5,8-10,13-19H2,1-3H3,(H2,38,44)(H,39,45)(H2,40,41,48)/t22-,23?,24-,25-,27+/m0/s1. The number of hydrogen-bond donors (Lipinski definition) is 4. The monoisotopic (exact) mass is 719 g/mol. The number of benzene rings is 1. The minimum atomic E-state index is -1.26. The first kappa shape index (κ1) is 36.9. The van der Waals surface area contributed by atoms with Crippen LogP contribution in [0, 0.1) is 23.2 Å². The number of esters is 1. The van der Waals surface area contributed by atoms with Crippen molar-refractivity contribution < 1.29 is 33.5 Å². The van der Waals surface area contributed by atoms with Gasteiger partial charge in [0.15, 0.2) is 0 Å². The lowest BCUT2D eigenvalue weighted by Gasteiger charge is -2.39. The Morgan fingerprint density at radius 2 is 1.63 bits per heavy atom. The zero-order chi connectivity index (χ0) is 35.7. The first-order valence-corrected chi connectivity index (χ1v) is 17.9. The van der Waals surface area contributed by atoms with E-state index < -0.39 is 80.8 Å². The fourth-order valence-electron chi connectivity index (χ4n) is 7.45. The predicted octanol–water partition coefficient (Wildman–Crippen LogP) is 3.51. The SMILES string of the molecule is CC(C)(C)[C@H](NC(=O)NC1(C(=O)OCc2ccccc2)CCCCC1)C(=O)N1C[C@H]2[C@@H]([C@H]1C(=O)NC(CC1CCC1)C(=O)C(N)=O)C2(Cl)Cl. The van der Waals surface area contributed by atoms with Crippen molar-refractivity contribution in [2.45, 2.75) is 113 Å². The molecule has 1 saturated heterocycles. The van der Waals surface area contributed by atoms with Crippen molar-refractivity contribution in [2.75, 3.05) is 6.54 Å². The molecule has 0 radical (unpaired) electrons. The van der Waals surface area contributed by atoms with E-state index >= 15 is 0 Å². The van der Waals surface area contributed by atoms with Crippen LogP contribution in [0.15, 0.2) is 30.3 Å². The summed E-state index contributed by atoms with van der Waals surface area (Å²) in [5.74, 6) is -4.67. The number of urea groups is 1. The molecule has 0 aromatic heterocycles. The molecule has 12 nitrogen and oxygen atoms in total. The van der Waals surface area contributed by atoms with Crippen molar-refractivity contribution in [3.8, 4) is 0 Å². The molecular weight excluding hydrogens is 673 g/mol. The number of piperidine rings is 1. The molecule has 5 N–H and O–H groups in total. The van der Waals surface area contributed by atoms with Crippen LogP contribution in [0.25, 0.3) is 0 Å². The molecule has 3 aliphatic carbocycles. The van der Waals surface area contributed by atoms with Crippen molar-refractivity contribution >= 4 is 58.7 Å². The Bertz CT molecular complexity index is 1460. The van der Waals surface area contributed by atoms with Crippen molar-refractivity contribution in [1.29, 1.82) is 0 Å². The number of carbonyl (C=O) groups excluding carboxylic acids is 6. The Kier molecular flexibility index (Phi) is 10.9. The van der Waals surface area contributed by atoms with Crippen LogP contribution in [0.4, 0.5) is 4.79 Å². The molecule has 4 fully saturated rings. The second kappa shape index (κ2) is 14.5. The van der Waals surface area contributed by atoms with Crippen LogP contribution in [0.3, 0.4) is 0 Å². The van der Waals surface area contributed by atoms with E-state index in [-0.39, 0.29) is 25.5 Å². The molecule has 14 heteroatoms. The number of ether oxygens (including phenoxy) is 1. The number of Topliss-reactive ketones (excluding diaryl/α,β-unsaturated/α-hetero) is 1. The number of alkyl halides is 2. The highest BCUT2D eigenvalue weighted by atomic mass is 35.5. The maximum Gasteiger partial charge on any atom is 0.332 e. The number of nitrogens with zero attached hydrogens (tertiary/aromatic N) is 1. The molecule has 5 rings (SSSR count). The lowest BCUT2D eigenvalue weighted by atomic mass is 9.80. The fraction of sp³-hybridized carbons (Fsp3) is 0.657. The number of likely N-dealkylation sites (tertiary alicyclic amines) is 1. The second-order valence-electron chi connectivity index (χ2n) is 15.2. The fourth-order valence-corrected chi connectivity index (χ4v) is 8.28. The molecule has 1 aromatic rings. The van der Waals surface area contributed by atoms with Gasteiger partial charge in [0.2, 0.25) is 17.6 Å². The highest BCUT2D eigenvalue weighted by Crippen LogP contribution is 2.65. The van der Waals surface area contributed by atoms with E-state index in [1.165, 1.54) is 4.90 Å². The molecule has 0 bridgehead atoms. The van der Waals surface area contributed by atoms with Gasteiger partial charge in [-0.15, -0.1) is 23.2 Å². The number of carbonyl (C=O) groups is 6. The van der Waals surface area contributed by atoms with Gasteiger partial charge in [0.25, 0.3) is 5.91 Å². The lowest BCUT2D eigenvalue weighted by molar-refractivity contribution is -0.154. The van der Waals surface area contributed by atoms with E-state index in [0.717, 1.165) is 31.2 Å². The van der Waals surface area contributed by atoms with Crippen LogP contribution in [0.2, 0.25) is 0 Å². The normalized spacial score (nSPS) is 25.1. The van der Waals surface area contributed by atoms with Gasteiger partial charge in [-0.1, -0.05) is 89.6 Å². The Morgan fingerprint density at radius 1 is 0.980 bits per heavy atom. The van der Waals surface area contributed by atoms with Gasteiger partial charge in [0, 0.05) is 18.4 Å². The van der Waals surface area contributed by atoms with Gasteiger partial charge in [-0.2, -0.15) is 0 Å². The third-order valence-corrected chi connectivity index (χ3v) is 11.7. The van der Waals surface area contributed by atoms with Crippen LogP contribution < -0.4 is 21.7 Å². The summed E-state index contributed by atoms with van der Waals surface area (Å²) in [7, 11) is 0. The first-order chi connectivity index (χ1) is 23.0. The van der Waals surface area contributed by atoms with Crippen molar-refractivity contribution in [2.24, 2.45) is 28.9 Å². The molecule has 4 aliphatic rings. The number of nitrogens with one attached hydrogen (secondary N) is 3. The molecule has 1 aliphatic heterocycles. The smallest absolute Gasteiger partial charge is 0.332 e. The minimum Gasteiger partial charge on any atom is -0.459 e. The van der Waals surface area contributed by atoms with E-state index in [2.05, 4.69) is 16.0 Å². The number of ketones is 1. The summed E-state index contributed by atoms with van der Waals surface area (Å²) in [6.07, 6.45) is 6.12. The second-order valence-corrected chi connectivity index (χ2v) is 16.6. The van der Waals surface area contributed by atoms with Crippen molar-refractivity contribution in [3.63, 3.8) is 0 Å². The molecular formula is C35H47Cl2N5O7. The minimum absolute atomic E-state index is 0.0528. The summed E-state index contributed by atoms with van der Waals surface area (Å²) in [6.45, 7) is 5.44. The lowest BCUT2D eigenvalue weighted by Crippen LogP contribution is -2.64. The third-order valence-electron chi connectivity index (χ3n) is 10.6. The van der Waals surface area contributed by atoms with Gasteiger partial charge in [-0.05, 0) is 36.2 Å². The third kappa shape index (κ3) is 8.01. The number of rotatable bonds is 12. The first-order valence-electron chi connectivity index (χ1n) is 17.2. The highest BCUT2D eigenvalue weighted by molar-refractivity contribution is 6.51.